The Balaban J connectivity index is 1.46. The second-order valence-corrected chi connectivity index (χ2v) is 11.6. The molecule has 0 saturated heterocycles. The van der Waals surface area contributed by atoms with Crippen LogP contribution in [0.15, 0.2) is 118 Å². The van der Waals surface area contributed by atoms with Crippen LogP contribution in [0, 0.1) is 0 Å². The maximum Gasteiger partial charge on any atom is 0.416 e. The van der Waals surface area contributed by atoms with E-state index >= 15 is 0 Å². The van der Waals surface area contributed by atoms with E-state index in [1.807, 2.05) is 12.1 Å². The van der Waals surface area contributed by atoms with Crippen molar-refractivity contribution >= 4 is 62.9 Å². The fraction of sp³-hybridized carbons (Fsp3) is 0.0938. The highest BCUT2D eigenvalue weighted by Gasteiger charge is 2.30. The van der Waals surface area contributed by atoms with Crippen LogP contribution in [0.5, 0.6) is 0 Å². The zero-order valence-electron chi connectivity index (χ0n) is 22.6. The molecule has 1 atom stereocenters. The average molecular weight is 669 g/mol. The summed E-state index contributed by atoms with van der Waals surface area (Å²) in [6, 6.07) is 26.9. The van der Waals surface area contributed by atoms with E-state index in [1.165, 1.54) is 23.9 Å². The molecule has 0 bridgehead atoms. The van der Waals surface area contributed by atoms with Gasteiger partial charge in [-0.2, -0.15) is 13.2 Å². The lowest BCUT2D eigenvalue weighted by Gasteiger charge is -2.15. The van der Waals surface area contributed by atoms with E-state index in [-0.39, 0.29) is 11.4 Å². The van der Waals surface area contributed by atoms with Gasteiger partial charge in [0.25, 0.3) is 11.8 Å². The van der Waals surface area contributed by atoms with Crippen molar-refractivity contribution in [2.45, 2.75) is 23.2 Å². The fourth-order valence-electron chi connectivity index (χ4n) is 3.79. The third-order valence-corrected chi connectivity index (χ3v) is 7.56. The quantitative estimate of drug-likeness (QED) is 0.125. The summed E-state index contributed by atoms with van der Waals surface area (Å²) in [5.74, 6) is -1.50. The van der Waals surface area contributed by atoms with E-state index < -0.39 is 34.7 Å². The van der Waals surface area contributed by atoms with Crippen LogP contribution < -0.4 is 16.0 Å². The number of amides is 3. The summed E-state index contributed by atoms with van der Waals surface area (Å²) < 4.78 is 39.9. The second kappa shape index (κ2) is 14.2. The Bertz CT molecular complexity index is 1650. The van der Waals surface area contributed by atoms with Crippen LogP contribution in [0.4, 0.5) is 24.5 Å². The van der Waals surface area contributed by atoms with Crippen LogP contribution >= 0.6 is 27.7 Å². The Morgan fingerprint density at radius 1 is 0.814 bits per heavy atom. The SMILES string of the molecule is CC(Sc1cccc(NC(=O)/C(=C/c2ccc(Br)cc2)NC(=O)c2ccccc2)c1)C(=O)Nc1cccc(C(F)(F)F)c1. The molecule has 3 amide bonds. The number of carbonyl (C=O) groups is 3. The van der Waals surface area contributed by atoms with Crippen molar-refractivity contribution in [2.75, 3.05) is 10.6 Å². The highest BCUT2D eigenvalue weighted by atomic mass is 79.9. The van der Waals surface area contributed by atoms with Crippen LogP contribution in [0.2, 0.25) is 0 Å². The number of anilines is 2. The number of alkyl halides is 3. The minimum Gasteiger partial charge on any atom is -0.325 e. The number of hydrogen-bond donors (Lipinski definition) is 3. The summed E-state index contributed by atoms with van der Waals surface area (Å²) in [6.45, 7) is 1.62. The van der Waals surface area contributed by atoms with Crippen molar-refractivity contribution in [3.05, 3.63) is 130 Å². The van der Waals surface area contributed by atoms with Crippen molar-refractivity contribution in [1.82, 2.24) is 5.32 Å². The Morgan fingerprint density at radius 2 is 1.47 bits per heavy atom. The summed E-state index contributed by atoms with van der Waals surface area (Å²) in [7, 11) is 0. The first kappa shape index (κ1) is 31.6. The van der Waals surface area contributed by atoms with Gasteiger partial charge in [0.15, 0.2) is 0 Å². The normalized spacial score (nSPS) is 12.3. The Hall–Kier alpha value is -4.35. The van der Waals surface area contributed by atoms with Crippen molar-refractivity contribution in [2.24, 2.45) is 0 Å². The highest BCUT2D eigenvalue weighted by molar-refractivity contribution is 9.10. The molecule has 0 spiro atoms. The molecule has 4 rings (SSSR count). The van der Waals surface area contributed by atoms with Crippen LogP contribution in [0.3, 0.4) is 0 Å². The van der Waals surface area contributed by atoms with Gasteiger partial charge in [0.1, 0.15) is 5.70 Å². The van der Waals surface area contributed by atoms with E-state index in [9.17, 15) is 27.6 Å². The Morgan fingerprint density at radius 3 is 2.14 bits per heavy atom. The number of carbonyl (C=O) groups excluding carboxylic acids is 3. The van der Waals surface area contributed by atoms with Crippen LogP contribution in [0.1, 0.15) is 28.4 Å². The molecule has 0 aliphatic rings. The summed E-state index contributed by atoms with van der Waals surface area (Å²) in [6.07, 6.45) is -2.97. The number of halogens is 4. The van der Waals surface area contributed by atoms with Crippen LogP contribution in [-0.4, -0.2) is 23.0 Å². The van der Waals surface area contributed by atoms with Gasteiger partial charge in [-0.05, 0) is 79.2 Å². The van der Waals surface area contributed by atoms with Crippen LogP contribution in [0.25, 0.3) is 6.08 Å². The predicted octanol–water partition coefficient (Wildman–Crippen LogP) is 8.00. The molecule has 1 unspecified atom stereocenters. The predicted molar refractivity (Wildman–Crippen MR) is 166 cm³/mol. The van der Waals surface area contributed by atoms with Crippen molar-refractivity contribution in [3.8, 4) is 0 Å². The molecule has 3 N–H and O–H groups in total. The third-order valence-electron chi connectivity index (χ3n) is 5.94. The zero-order chi connectivity index (χ0) is 31.0. The standard InChI is InChI=1S/C32H25BrF3N3O3S/c1-20(29(40)37-25-10-5-9-23(18-25)32(34,35)36)43-27-12-6-11-26(19-27)38-31(42)28(17-21-13-15-24(33)16-14-21)39-30(41)22-7-3-2-4-8-22/h2-20H,1H3,(H,37,40)(H,38,42)(H,39,41)/b28-17-. The topological polar surface area (TPSA) is 87.3 Å². The van der Waals surface area contributed by atoms with E-state index in [0.29, 0.717) is 21.7 Å². The van der Waals surface area contributed by atoms with Gasteiger partial charge in [-0.3, -0.25) is 14.4 Å². The molecule has 220 valence electrons. The van der Waals surface area contributed by atoms with Crippen LogP contribution in [-0.2, 0) is 15.8 Å². The van der Waals surface area contributed by atoms with E-state index in [2.05, 4.69) is 31.9 Å². The molecule has 0 aliphatic heterocycles. The molecule has 43 heavy (non-hydrogen) atoms. The molecule has 11 heteroatoms. The number of rotatable bonds is 9. The zero-order valence-corrected chi connectivity index (χ0v) is 25.0. The number of hydrogen-bond acceptors (Lipinski definition) is 4. The summed E-state index contributed by atoms with van der Waals surface area (Å²) >= 11 is 4.54. The number of nitrogens with one attached hydrogen (secondary N) is 3. The molecule has 6 nitrogen and oxygen atoms in total. The largest absolute Gasteiger partial charge is 0.416 e. The lowest BCUT2D eigenvalue weighted by molar-refractivity contribution is -0.137. The number of thioether (sulfide) groups is 1. The monoisotopic (exact) mass is 667 g/mol. The first-order valence-corrected chi connectivity index (χ1v) is 14.5. The minimum absolute atomic E-state index is 0.0167. The van der Waals surface area contributed by atoms with Gasteiger partial charge in [-0.15, -0.1) is 11.8 Å². The molecule has 0 aliphatic carbocycles. The summed E-state index contributed by atoms with van der Waals surface area (Å²) in [4.78, 5) is 39.5. The smallest absolute Gasteiger partial charge is 0.325 e. The van der Waals surface area contributed by atoms with Gasteiger partial charge in [0.05, 0.1) is 10.8 Å². The molecular formula is C32H25BrF3N3O3S. The Labute approximate surface area is 258 Å². The van der Waals surface area contributed by atoms with Gasteiger partial charge < -0.3 is 16.0 Å². The lowest BCUT2D eigenvalue weighted by atomic mass is 10.1. The fourth-order valence-corrected chi connectivity index (χ4v) is 4.98. The lowest BCUT2D eigenvalue weighted by Crippen LogP contribution is -2.30. The highest BCUT2D eigenvalue weighted by Crippen LogP contribution is 2.31. The summed E-state index contributed by atoms with van der Waals surface area (Å²) in [5, 5.41) is 7.31. The molecule has 0 aromatic heterocycles. The summed E-state index contributed by atoms with van der Waals surface area (Å²) in [5.41, 5.74) is 0.678. The first-order chi connectivity index (χ1) is 20.5. The van der Waals surface area contributed by atoms with Gasteiger partial charge in [0, 0.05) is 26.3 Å². The van der Waals surface area contributed by atoms with Crippen molar-refractivity contribution in [3.63, 3.8) is 0 Å². The molecule has 0 fully saturated rings. The van der Waals surface area contributed by atoms with Gasteiger partial charge in [0.2, 0.25) is 5.91 Å². The molecule has 0 radical (unpaired) electrons. The molecule has 0 heterocycles. The average Bonchev–Trinajstić information content (AvgIpc) is 2.98. The van der Waals surface area contributed by atoms with E-state index in [0.717, 1.165) is 16.6 Å². The maximum absolute atomic E-state index is 13.3. The molecule has 4 aromatic rings. The van der Waals surface area contributed by atoms with E-state index in [4.69, 9.17) is 0 Å². The number of benzene rings is 4. The van der Waals surface area contributed by atoms with Gasteiger partial charge in [-0.1, -0.05) is 58.4 Å². The third kappa shape index (κ3) is 9.32. The first-order valence-electron chi connectivity index (χ1n) is 12.9. The molecular weight excluding hydrogens is 643 g/mol. The Kier molecular flexibility index (Phi) is 10.4. The van der Waals surface area contributed by atoms with Crippen molar-refractivity contribution in [1.29, 1.82) is 0 Å². The van der Waals surface area contributed by atoms with Crippen molar-refractivity contribution < 1.29 is 27.6 Å². The molecule has 0 saturated carbocycles. The van der Waals surface area contributed by atoms with Gasteiger partial charge in [-0.25, -0.2) is 0 Å². The minimum atomic E-state index is -4.52. The molecule has 4 aromatic carbocycles. The second-order valence-electron chi connectivity index (χ2n) is 9.24. The van der Waals surface area contributed by atoms with Gasteiger partial charge >= 0.3 is 6.18 Å². The van der Waals surface area contributed by atoms with E-state index in [1.54, 1.807) is 79.7 Å². The maximum atomic E-state index is 13.3.